The molecule has 0 radical (unpaired) electrons. The molecule has 0 aliphatic heterocycles. The Morgan fingerprint density at radius 2 is 1.83 bits per heavy atom. The first-order chi connectivity index (χ1) is 13.8. The Morgan fingerprint density at radius 1 is 1.14 bits per heavy atom. The zero-order valence-electron chi connectivity index (χ0n) is 16.6. The molecule has 0 aliphatic rings. The van der Waals surface area contributed by atoms with Gasteiger partial charge in [-0.3, -0.25) is 14.2 Å². The SMILES string of the molecule is CC(=O)O.Cc1cn(CCCCC(=O)O)c(=O)nc1NCCNc1ccccn1. The number of anilines is 2. The minimum Gasteiger partial charge on any atom is -0.481 e. The van der Waals surface area contributed by atoms with Gasteiger partial charge in [0.2, 0.25) is 0 Å². The Hall–Kier alpha value is -3.43. The summed E-state index contributed by atoms with van der Waals surface area (Å²) in [6.07, 6.45) is 4.76. The van der Waals surface area contributed by atoms with E-state index in [2.05, 4.69) is 20.6 Å². The molecule has 0 atom stereocenters. The third kappa shape index (κ3) is 10.5. The van der Waals surface area contributed by atoms with Gasteiger partial charge in [0, 0.05) is 50.9 Å². The molecule has 0 aromatic carbocycles. The smallest absolute Gasteiger partial charge is 0.349 e. The highest BCUT2D eigenvalue weighted by atomic mass is 16.4. The zero-order chi connectivity index (χ0) is 21.6. The lowest BCUT2D eigenvalue weighted by Gasteiger charge is -2.12. The molecule has 0 spiro atoms. The number of carboxylic acids is 2. The molecule has 0 fully saturated rings. The van der Waals surface area contributed by atoms with Gasteiger partial charge in [0.25, 0.3) is 5.97 Å². The number of nitrogens with one attached hydrogen (secondary N) is 2. The maximum atomic E-state index is 12.0. The van der Waals surface area contributed by atoms with Crippen LogP contribution in [0.25, 0.3) is 0 Å². The van der Waals surface area contributed by atoms with E-state index < -0.39 is 11.9 Å². The molecule has 158 valence electrons. The van der Waals surface area contributed by atoms with E-state index in [1.165, 1.54) is 4.57 Å². The van der Waals surface area contributed by atoms with Crippen LogP contribution in [0, 0.1) is 6.92 Å². The molecule has 0 bridgehead atoms. The Morgan fingerprint density at radius 3 is 2.45 bits per heavy atom. The molecule has 0 saturated carbocycles. The Bertz CT molecular complexity index is 835. The van der Waals surface area contributed by atoms with E-state index in [0.29, 0.717) is 38.3 Å². The molecule has 10 heteroatoms. The molecule has 10 nitrogen and oxygen atoms in total. The van der Waals surface area contributed by atoms with E-state index >= 15 is 0 Å². The summed E-state index contributed by atoms with van der Waals surface area (Å²) in [5.74, 6) is -0.291. The van der Waals surface area contributed by atoms with Crippen molar-refractivity contribution in [2.45, 2.75) is 39.7 Å². The number of rotatable bonds is 10. The van der Waals surface area contributed by atoms with Gasteiger partial charge in [0.1, 0.15) is 11.6 Å². The van der Waals surface area contributed by atoms with Crippen LogP contribution in [-0.2, 0) is 16.1 Å². The lowest BCUT2D eigenvalue weighted by Crippen LogP contribution is -2.26. The standard InChI is InChI=1S/C17H23N5O3.C2H4O2/c1-13-12-22(11-5-3-7-15(23)24)17(25)21-16(13)20-10-9-19-14-6-2-4-8-18-14;1-2(3)4/h2,4,6,8,12H,3,5,7,9-11H2,1H3,(H,18,19)(H,23,24)(H,20,21,25);1H3,(H,3,4). The number of aromatic nitrogens is 3. The van der Waals surface area contributed by atoms with Gasteiger partial charge in [-0.1, -0.05) is 6.07 Å². The first-order valence-corrected chi connectivity index (χ1v) is 9.17. The summed E-state index contributed by atoms with van der Waals surface area (Å²) in [4.78, 5) is 39.8. The third-order valence-corrected chi connectivity index (χ3v) is 3.60. The van der Waals surface area contributed by atoms with Crippen LogP contribution in [0.15, 0.2) is 35.4 Å². The van der Waals surface area contributed by atoms with Gasteiger partial charge in [-0.15, -0.1) is 0 Å². The first-order valence-electron chi connectivity index (χ1n) is 9.17. The van der Waals surface area contributed by atoms with E-state index in [4.69, 9.17) is 15.0 Å². The van der Waals surface area contributed by atoms with E-state index in [0.717, 1.165) is 18.3 Å². The number of carbonyl (C=O) groups is 2. The van der Waals surface area contributed by atoms with Gasteiger partial charge in [0.15, 0.2) is 0 Å². The summed E-state index contributed by atoms with van der Waals surface area (Å²) in [7, 11) is 0. The quantitative estimate of drug-likeness (QED) is 0.435. The van der Waals surface area contributed by atoms with Crippen LogP contribution < -0.4 is 16.3 Å². The largest absolute Gasteiger partial charge is 0.481 e. The summed E-state index contributed by atoms with van der Waals surface area (Å²) in [5, 5.41) is 22.4. The van der Waals surface area contributed by atoms with Gasteiger partial charge < -0.3 is 20.8 Å². The van der Waals surface area contributed by atoms with Gasteiger partial charge in [0.05, 0.1) is 0 Å². The number of aryl methyl sites for hydroxylation is 2. The number of pyridine rings is 1. The predicted octanol–water partition coefficient (Wildman–Crippen LogP) is 1.82. The minimum atomic E-state index is -0.833. The maximum absolute atomic E-state index is 12.0. The highest BCUT2D eigenvalue weighted by Crippen LogP contribution is 2.08. The molecule has 0 unspecified atom stereocenters. The second-order valence-electron chi connectivity index (χ2n) is 6.19. The van der Waals surface area contributed by atoms with E-state index in [9.17, 15) is 9.59 Å². The molecular formula is C19H27N5O5. The molecule has 2 aromatic rings. The van der Waals surface area contributed by atoms with Crippen molar-refractivity contribution in [1.29, 1.82) is 0 Å². The molecule has 29 heavy (non-hydrogen) atoms. The third-order valence-electron chi connectivity index (χ3n) is 3.60. The number of unbranched alkanes of at least 4 members (excludes halogenated alkanes) is 1. The number of carboxylic acid groups (broad SMARTS) is 2. The predicted molar refractivity (Wildman–Crippen MR) is 109 cm³/mol. The Labute approximate surface area is 168 Å². The second kappa shape index (κ2) is 12.9. The number of hydrogen-bond donors (Lipinski definition) is 4. The van der Waals surface area contributed by atoms with E-state index in [1.54, 1.807) is 12.4 Å². The average Bonchev–Trinajstić information content (AvgIpc) is 2.65. The fourth-order valence-corrected chi connectivity index (χ4v) is 2.33. The van der Waals surface area contributed by atoms with E-state index in [-0.39, 0.29) is 12.1 Å². The van der Waals surface area contributed by atoms with Crippen molar-refractivity contribution in [3.05, 3.63) is 46.6 Å². The van der Waals surface area contributed by atoms with Crippen molar-refractivity contribution in [1.82, 2.24) is 14.5 Å². The van der Waals surface area contributed by atoms with Crippen LogP contribution in [0.5, 0.6) is 0 Å². The van der Waals surface area contributed by atoms with Crippen molar-refractivity contribution in [2.24, 2.45) is 0 Å². The van der Waals surface area contributed by atoms with Crippen LogP contribution in [0.3, 0.4) is 0 Å². The topological polar surface area (TPSA) is 146 Å². The Kier molecular flexibility index (Phi) is 10.5. The fraction of sp³-hybridized carbons (Fsp3) is 0.421. The average molecular weight is 405 g/mol. The van der Waals surface area contributed by atoms with Crippen molar-refractivity contribution in [3.8, 4) is 0 Å². The summed E-state index contributed by atoms with van der Waals surface area (Å²) in [5.41, 5.74) is 0.539. The lowest BCUT2D eigenvalue weighted by molar-refractivity contribution is -0.137. The molecule has 0 saturated heterocycles. The lowest BCUT2D eigenvalue weighted by atomic mass is 10.2. The molecular weight excluding hydrogens is 378 g/mol. The summed E-state index contributed by atoms with van der Waals surface area (Å²) < 4.78 is 1.52. The summed E-state index contributed by atoms with van der Waals surface area (Å²) in [6, 6.07) is 5.65. The minimum absolute atomic E-state index is 0.115. The van der Waals surface area contributed by atoms with Crippen molar-refractivity contribution < 1.29 is 19.8 Å². The molecule has 0 aliphatic carbocycles. The normalized spacial score (nSPS) is 9.86. The highest BCUT2D eigenvalue weighted by molar-refractivity contribution is 5.66. The van der Waals surface area contributed by atoms with Crippen LogP contribution in [0.4, 0.5) is 11.6 Å². The summed E-state index contributed by atoms with van der Waals surface area (Å²) >= 11 is 0. The van der Waals surface area contributed by atoms with Crippen LogP contribution >= 0.6 is 0 Å². The van der Waals surface area contributed by atoms with Gasteiger partial charge in [-0.05, 0) is 31.9 Å². The van der Waals surface area contributed by atoms with Crippen molar-refractivity contribution in [2.75, 3.05) is 23.7 Å². The summed E-state index contributed by atoms with van der Waals surface area (Å²) in [6.45, 7) is 4.69. The number of hydrogen-bond acceptors (Lipinski definition) is 7. The number of aliphatic carboxylic acids is 2. The molecule has 0 amide bonds. The fourth-order valence-electron chi connectivity index (χ4n) is 2.33. The van der Waals surface area contributed by atoms with Crippen LogP contribution in [0.1, 0.15) is 31.7 Å². The highest BCUT2D eigenvalue weighted by Gasteiger charge is 2.05. The maximum Gasteiger partial charge on any atom is 0.349 e. The zero-order valence-corrected chi connectivity index (χ0v) is 16.6. The Balaban J connectivity index is 0.000000960. The van der Waals surface area contributed by atoms with Gasteiger partial charge in [-0.2, -0.15) is 4.98 Å². The van der Waals surface area contributed by atoms with Crippen molar-refractivity contribution >= 4 is 23.6 Å². The molecule has 2 heterocycles. The molecule has 2 rings (SSSR count). The monoisotopic (exact) mass is 405 g/mol. The second-order valence-corrected chi connectivity index (χ2v) is 6.19. The van der Waals surface area contributed by atoms with Gasteiger partial charge >= 0.3 is 11.7 Å². The van der Waals surface area contributed by atoms with Crippen LogP contribution in [-0.4, -0.2) is 49.8 Å². The molecule has 2 aromatic heterocycles. The van der Waals surface area contributed by atoms with Crippen LogP contribution in [0.2, 0.25) is 0 Å². The van der Waals surface area contributed by atoms with Crippen molar-refractivity contribution in [3.63, 3.8) is 0 Å². The first kappa shape index (κ1) is 23.6. The molecule has 4 N–H and O–H groups in total. The van der Waals surface area contributed by atoms with E-state index in [1.807, 2.05) is 25.1 Å². The van der Waals surface area contributed by atoms with Gasteiger partial charge in [-0.25, -0.2) is 9.78 Å². The number of nitrogens with zero attached hydrogens (tertiary/aromatic N) is 3.